The van der Waals surface area contributed by atoms with Crippen molar-refractivity contribution in [3.05, 3.63) is 58.4 Å². The zero-order valence-corrected chi connectivity index (χ0v) is 20.3. The number of carbonyl (C=O) groups is 1. The number of fused-ring (bicyclic) bond motifs is 1. The first kappa shape index (κ1) is 24.0. The minimum Gasteiger partial charge on any atom is -0.325 e. The summed E-state index contributed by atoms with van der Waals surface area (Å²) in [6, 6.07) is 11.6. The van der Waals surface area contributed by atoms with Crippen molar-refractivity contribution in [1.82, 2.24) is 13.9 Å². The summed E-state index contributed by atoms with van der Waals surface area (Å²) < 4.78 is 27.5. The van der Waals surface area contributed by atoms with Crippen molar-refractivity contribution in [3.63, 3.8) is 0 Å². The van der Waals surface area contributed by atoms with E-state index >= 15 is 0 Å². The molecule has 32 heavy (non-hydrogen) atoms. The first-order valence-electron chi connectivity index (χ1n) is 9.99. The number of hydrogen-bond acceptors (Lipinski definition) is 6. The molecule has 3 rings (SSSR count). The van der Waals surface area contributed by atoms with Crippen LogP contribution in [0, 0.1) is 6.92 Å². The third kappa shape index (κ3) is 4.87. The van der Waals surface area contributed by atoms with Crippen LogP contribution in [0.25, 0.3) is 10.9 Å². The van der Waals surface area contributed by atoms with Gasteiger partial charge >= 0.3 is 0 Å². The van der Waals surface area contributed by atoms with Crippen molar-refractivity contribution in [2.75, 3.05) is 25.2 Å². The van der Waals surface area contributed by atoms with Crippen molar-refractivity contribution < 1.29 is 13.2 Å². The van der Waals surface area contributed by atoms with Gasteiger partial charge in [0.05, 0.1) is 21.6 Å². The Kier molecular flexibility index (Phi) is 7.06. The molecule has 0 radical (unpaired) electrons. The van der Waals surface area contributed by atoms with E-state index in [1.165, 1.54) is 38.0 Å². The number of amides is 1. The molecule has 2 aromatic carbocycles. The van der Waals surface area contributed by atoms with Crippen molar-refractivity contribution in [2.24, 2.45) is 0 Å². The number of anilines is 1. The summed E-state index contributed by atoms with van der Waals surface area (Å²) in [6.07, 6.45) is 0. The molecule has 0 bridgehead atoms. The summed E-state index contributed by atoms with van der Waals surface area (Å²) >= 11 is 1.17. The fourth-order valence-electron chi connectivity index (χ4n) is 3.11. The fraction of sp³-hybridized carbons (Fsp3) is 0.318. The van der Waals surface area contributed by atoms with E-state index in [1.54, 1.807) is 35.8 Å². The normalized spacial score (nSPS) is 12.0. The second-order valence-electron chi connectivity index (χ2n) is 7.78. The first-order valence-corrected chi connectivity index (χ1v) is 12.4. The van der Waals surface area contributed by atoms with Gasteiger partial charge in [-0.3, -0.25) is 14.2 Å². The van der Waals surface area contributed by atoms with Gasteiger partial charge in [0.1, 0.15) is 0 Å². The highest BCUT2D eigenvalue weighted by Crippen LogP contribution is 2.24. The fourth-order valence-corrected chi connectivity index (χ4v) is 4.96. The van der Waals surface area contributed by atoms with Gasteiger partial charge in [0.25, 0.3) is 5.56 Å². The predicted octanol–water partition coefficient (Wildman–Crippen LogP) is 3.27. The highest BCUT2D eigenvalue weighted by Gasteiger charge is 2.19. The number of rotatable bonds is 7. The van der Waals surface area contributed by atoms with Crippen LogP contribution in [0.5, 0.6) is 0 Å². The molecule has 1 amide bonds. The number of para-hydroxylation sites is 1. The molecule has 0 fully saturated rings. The molecule has 170 valence electrons. The van der Waals surface area contributed by atoms with Crippen LogP contribution in [0.15, 0.2) is 57.3 Å². The molecule has 0 unspecified atom stereocenters. The van der Waals surface area contributed by atoms with Gasteiger partial charge < -0.3 is 5.32 Å². The third-order valence-corrected chi connectivity index (χ3v) is 7.65. The van der Waals surface area contributed by atoms with E-state index in [4.69, 9.17) is 0 Å². The molecule has 0 aliphatic heterocycles. The summed E-state index contributed by atoms with van der Waals surface area (Å²) in [7, 11) is -0.713. The van der Waals surface area contributed by atoms with Gasteiger partial charge in [-0.2, -0.15) is 0 Å². The minimum absolute atomic E-state index is 0.0155. The molecule has 0 aliphatic carbocycles. The number of nitrogens with one attached hydrogen (secondary N) is 1. The van der Waals surface area contributed by atoms with E-state index < -0.39 is 10.0 Å². The summed E-state index contributed by atoms with van der Waals surface area (Å²) in [5.74, 6) is -0.308. The van der Waals surface area contributed by atoms with Crippen LogP contribution in [-0.2, 0) is 14.8 Å². The van der Waals surface area contributed by atoms with Crippen molar-refractivity contribution in [1.29, 1.82) is 0 Å². The zero-order valence-electron chi connectivity index (χ0n) is 18.6. The topological polar surface area (TPSA) is 101 Å². The van der Waals surface area contributed by atoms with Gasteiger partial charge in [-0.1, -0.05) is 30.0 Å². The Hall–Kier alpha value is -2.69. The molecule has 10 heteroatoms. The van der Waals surface area contributed by atoms with Crippen LogP contribution >= 0.6 is 11.8 Å². The minimum atomic E-state index is -3.62. The number of carbonyl (C=O) groups excluding carboxylic acids is 1. The van der Waals surface area contributed by atoms with Crippen LogP contribution in [-0.4, -0.2) is 48.0 Å². The third-order valence-electron chi connectivity index (χ3n) is 4.89. The zero-order chi connectivity index (χ0) is 23.6. The smallest absolute Gasteiger partial charge is 0.262 e. The van der Waals surface area contributed by atoms with E-state index in [2.05, 4.69) is 10.3 Å². The van der Waals surface area contributed by atoms with Crippen molar-refractivity contribution in [3.8, 4) is 0 Å². The molecule has 0 saturated heterocycles. The van der Waals surface area contributed by atoms with Crippen LogP contribution in [0.4, 0.5) is 5.69 Å². The Balaban J connectivity index is 1.84. The van der Waals surface area contributed by atoms with Gasteiger partial charge in [-0.25, -0.2) is 17.7 Å². The number of nitrogens with zero attached hydrogens (tertiary/aromatic N) is 3. The SMILES string of the molecule is Cc1ccc(S(=O)(=O)N(C)C)cc1NC(=O)CSc1nc2ccccc2c(=O)n1C(C)C. The maximum atomic E-state index is 12.9. The van der Waals surface area contributed by atoms with E-state index in [0.717, 1.165) is 9.87 Å². The lowest BCUT2D eigenvalue weighted by molar-refractivity contribution is -0.113. The highest BCUT2D eigenvalue weighted by atomic mass is 32.2. The lowest BCUT2D eigenvalue weighted by Crippen LogP contribution is -2.26. The first-order chi connectivity index (χ1) is 15.0. The second kappa shape index (κ2) is 9.43. The maximum absolute atomic E-state index is 12.9. The van der Waals surface area contributed by atoms with Crippen LogP contribution in [0.2, 0.25) is 0 Å². The second-order valence-corrected chi connectivity index (χ2v) is 10.9. The Morgan fingerprint density at radius 2 is 1.88 bits per heavy atom. The van der Waals surface area contributed by atoms with Gasteiger partial charge in [-0.15, -0.1) is 0 Å². The molecule has 0 saturated carbocycles. The Bertz CT molecular complexity index is 1330. The van der Waals surface area contributed by atoms with Crippen molar-refractivity contribution >= 4 is 44.3 Å². The number of aryl methyl sites for hydroxylation is 1. The molecular weight excluding hydrogens is 448 g/mol. The summed E-state index contributed by atoms with van der Waals surface area (Å²) in [6.45, 7) is 5.57. The van der Waals surface area contributed by atoms with Crippen LogP contribution in [0.1, 0.15) is 25.5 Å². The predicted molar refractivity (Wildman–Crippen MR) is 128 cm³/mol. The monoisotopic (exact) mass is 474 g/mol. The molecular formula is C22H26N4O4S2. The summed E-state index contributed by atoms with van der Waals surface area (Å²) in [5, 5.41) is 3.76. The average molecular weight is 475 g/mol. The molecule has 0 aliphatic rings. The summed E-state index contributed by atoms with van der Waals surface area (Å²) in [4.78, 5) is 30.2. The molecule has 0 atom stereocenters. The largest absolute Gasteiger partial charge is 0.325 e. The highest BCUT2D eigenvalue weighted by molar-refractivity contribution is 7.99. The van der Waals surface area contributed by atoms with Gasteiger partial charge in [0.15, 0.2) is 5.16 Å². The quantitative estimate of drug-likeness (QED) is 0.417. The number of thioether (sulfide) groups is 1. The van der Waals surface area contributed by atoms with E-state index in [-0.39, 0.29) is 28.2 Å². The van der Waals surface area contributed by atoms with Gasteiger partial charge in [0, 0.05) is 25.8 Å². The molecule has 3 aromatic rings. The van der Waals surface area contributed by atoms with Crippen LogP contribution < -0.4 is 10.9 Å². The Morgan fingerprint density at radius 1 is 1.19 bits per heavy atom. The lowest BCUT2D eigenvalue weighted by atomic mass is 10.2. The average Bonchev–Trinajstić information content (AvgIpc) is 2.73. The standard InChI is InChI=1S/C22H26N4O4S2/c1-14(2)26-21(28)17-8-6-7-9-18(17)24-22(26)31-13-20(27)23-19-12-16(11-10-15(19)3)32(29,30)25(4)5/h6-12,14H,13H2,1-5H3,(H,23,27). The van der Waals surface area contributed by atoms with E-state index in [1.807, 2.05) is 19.9 Å². The lowest BCUT2D eigenvalue weighted by Gasteiger charge is -2.16. The Morgan fingerprint density at radius 3 is 2.53 bits per heavy atom. The maximum Gasteiger partial charge on any atom is 0.262 e. The van der Waals surface area contributed by atoms with Crippen LogP contribution in [0.3, 0.4) is 0 Å². The van der Waals surface area contributed by atoms with Gasteiger partial charge in [-0.05, 0) is 50.6 Å². The summed E-state index contributed by atoms with van der Waals surface area (Å²) in [5.41, 5.74) is 1.59. The molecule has 8 nitrogen and oxygen atoms in total. The molecule has 1 aromatic heterocycles. The number of hydrogen-bond donors (Lipinski definition) is 1. The van der Waals surface area contributed by atoms with E-state index in [9.17, 15) is 18.0 Å². The number of sulfonamides is 1. The molecule has 1 heterocycles. The van der Waals surface area contributed by atoms with Gasteiger partial charge in [0.2, 0.25) is 15.9 Å². The Labute approximate surface area is 191 Å². The number of benzene rings is 2. The van der Waals surface area contributed by atoms with E-state index in [0.29, 0.717) is 21.7 Å². The molecule has 1 N–H and O–H groups in total. The van der Waals surface area contributed by atoms with Crippen molar-refractivity contribution in [2.45, 2.75) is 36.9 Å². The molecule has 0 spiro atoms. The number of aromatic nitrogens is 2.